The number of nitrogens with zero attached hydrogens (tertiary/aromatic N) is 4. The lowest BCUT2D eigenvalue weighted by molar-refractivity contribution is 0.626. The van der Waals surface area contributed by atoms with Gasteiger partial charge in [0.2, 0.25) is 0 Å². The largest absolute Gasteiger partial charge is 0.309 e. The van der Waals surface area contributed by atoms with Crippen LogP contribution in [0.4, 0.5) is 8.78 Å². The molecule has 0 fully saturated rings. The first kappa shape index (κ1) is 20.1. The third kappa shape index (κ3) is 3.90. The summed E-state index contributed by atoms with van der Waals surface area (Å²) in [5.74, 6) is 0.595. The molecule has 5 aromatic rings. The first-order valence-corrected chi connectivity index (χ1v) is 10.6. The summed E-state index contributed by atoms with van der Waals surface area (Å²) >= 11 is 1.32. The summed E-state index contributed by atoms with van der Waals surface area (Å²) < 4.78 is 28.7. The topological polar surface area (TPSA) is 76.5 Å². The van der Waals surface area contributed by atoms with Crippen molar-refractivity contribution in [3.8, 4) is 17.1 Å². The number of nitrogens with one attached hydrogen (secondary N) is 1. The van der Waals surface area contributed by atoms with Crippen molar-refractivity contribution >= 4 is 22.7 Å². The van der Waals surface area contributed by atoms with Crippen LogP contribution in [-0.4, -0.2) is 24.7 Å². The van der Waals surface area contributed by atoms with Crippen molar-refractivity contribution < 1.29 is 8.78 Å². The number of aromatic amines is 1. The molecule has 0 unspecified atom stereocenters. The van der Waals surface area contributed by atoms with Gasteiger partial charge in [-0.2, -0.15) is 0 Å². The van der Waals surface area contributed by atoms with E-state index in [2.05, 4.69) is 20.2 Å². The van der Waals surface area contributed by atoms with Crippen LogP contribution in [-0.2, 0) is 5.75 Å². The Bertz CT molecular complexity index is 1460. The summed E-state index contributed by atoms with van der Waals surface area (Å²) in [6.07, 6.45) is 0. The van der Waals surface area contributed by atoms with Crippen molar-refractivity contribution in [3.63, 3.8) is 0 Å². The molecule has 0 aliphatic heterocycles. The monoisotopic (exact) mass is 447 g/mol. The molecule has 0 saturated heterocycles. The minimum atomic E-state index is -0.364. The van der Waals surface area contributed by atoms with Crippen molar-refractivity contribution in [3.05, 3.63) is 101 Å². The van der Waals surface area contributed by atoms with Crippen LogP contribution >= 0.6 is 11.8 Å². The molecule has 0 radical (unpaired) electrons. The van der Waals surface area contributed by atoms with Crippen LogP contribution in [0.25, 0.3) is 28.0 Å². The van der Waals surface area contributed by atoms with Gasteiger partial charge < -0.3 is 4.98 Å². The maximum atomic E-state index is 13.5. The highest BCUT2D eigenvalue weighted by atomic mass is 32.2. The Morgan fingerprint density at radius 3 is 2.31 bits per heavy atom. The van der Waals surface area contributed by atoms with Crippen molar-refractivity contribution in [2.75, 3.05) is 0 Å². The Kier molecular flexibility index (Phi) is 5.24. The van der Waals surface area contributed by atoms with E-state index < -0.39 is 0 Å². The number of aromatic nitrogens is 5. The van der Waals surface area contributed by atoms with E-state index in [0.717, 1.165) is 0 Å². The number of fused-ring (bicyclic) bond motifs is 1. The fourth-order valence-electron chi connectivity index (χ4n) is 3.31. The van der Waals surface area contributed by atoms with E-state index in [0.29, 0.717) is 44.7 Å². The van der Waals surface area contributed by atoms with Gasteiger partial charge in [-0.25, -0.2) is 13.8 Å². The molecule has 0 spiro atoms. The number of rotatable bonds is 5. The second-order valence-electron chi connectivity index (χ2n) is 6.94. The molecule has 3 aromatic carbocycles. The highest BCUT2D eigenvalue weighted by molar-refractivity contribution is 7.98. The smallest absolute Gasteiger partial charge is 0.258 e. The minimum absolute atomic E-state index is 0.210. The van der Waals surface area contributed by atoms with E-state index in [9.17, 15) is 13.6 Å². The number of benzene rings is 3. The lowest BCUT2D eigenvalue weighted by Gasteiger charge is -2.10. The molecule has 0 bridgehead atoms. The first-order chi connectivity index (χ1) is 15.6. The van der Waals surface area contributed by atoms with E-state index in [1.54, 1.807) is 47.0 Å². The minimum Gasteiger partial charge on any atom is -0.309 e. The van der Waals surface area contributed by atoms with Gasteiger partial charge in [0.25, 0.3) is 5.56 Å². The second-order valence-corrected chi connectivity index (χ2v) is 7.89. The van der Waals surface area contributed by atoms with Crippen molar-refractivity contribution in [1.82, 2.24) is 24.7 Å². The van der Waals surface area contributed by atoms with Crippen LogP contribution < -0.4 is 5.56 Å². The zero-order valence-electron chi connectivity index (χ0n) is 16.5. The summed E-state index contributed by atoms with van der Waals surface area (Å²) in [6.45, 7) is 0. The number of para-hydroxylation sites is 1. The number of H-pyrrole nitrogens is 1. The van der Waals surface area contributed by atoms with Crippen LogP contribution in [0.1, 0.15) is 5.82 Å². The number of hydrogen-bond donors (Lipinski definition) is 1. The molecule has 0 aliphatic carbocycles. The molecule has 158 valence electrons. The molecule has 0 saturated carbocycles. The van der Waals surface area contributed by atoms with E-state index in [1.807, 2.05) is 6.07 Å². The van der Waals surface area contributed by atoms with Crippen LogP contribution in [0.2, 0.25) is 0 Å². The van der Waals surface area contributed by atoms with Gasteiger partial charge >= 0.3 is 0 Å². The number of halogens is 2. The fourth-order valence-corrected chi connectivity index (χ4v) is 4.13. The Balaban J connectivity index is 1.53. The Morgan fingerprint density at radius 2 is 1.56 bits per heavy atom. The molecule has 5 rings (SSSR count). The van der Waals surface area contributed by atoms with E-state index in [-0.39, 0.29) is 17.2 Å². The Morgan fingerprint density at radius 1 is 0.875 bits per heavy atom. The first-order valence-electron chi connectivity index (χ1n) is 9.66. The number of thioether (sulfide) groups is 1. The standard InChI is InChI=1S/C23H15F2N5OS/c24-15-7-5-14(6-8-15)21-28-29-23(30(21)17-11-9-16(25)10-12-17)32-13-20-26-19-4-2-1-3-18(19)22(31)27-20/h1-12H,13H2,(H,26,27,31). The number of hydrogen-bond acceptors (Lipinski definition) is 5. The van der Waals surface area contributed by atoms with Crippen LogP contribution in [0.15, 0.2) is 82.7 Å². The predicted molar refractivity (Wildman–Crippen MR) is 119 cm³/mol. The molecule has 2 heterocycles. The molecule has 9 heteroatoms. The molecule has 6 nitrogen and oxygen atoms in total. The maximum absolute atomic E-state index is 13.5. The van der Waals surface area contributed by atoms with Crippen molar-refractivity contribution in [1.29, 1.82) is 0 Å². The van der Waals surface area contributed by atoms with Crippen LogP contribution in [0.5, 0.6) is 0 Å². The van der Waals surface area contributed by atoms with Crippen molar-refractivity contribution in [2.24, 2.45) is 0 Å². The van der Waals surface area contributed by atoms with Gasteiger partial charge in [-0.05, 0) is 60.7 Å². The van der Waals surface area contributed by atoms with Gasteiger partial charge in [-0.1, -0.05) is 23.9 Å². The van der Waals surface area contributed by atoms with Gasteiger partial charge in [0.05, 0.1) is 16.7 Å². The van der Waals surface area contributed by atoms with Gasteiger partial charge in [-0.15, -0.1) is 10.2 Å². The fraction of sp³-hybridized carbons (Fsp3) is 0.0435. The summed E-state index contributed by atoms with van der Waals surface area (Å²) in [5.41, 5.74) is 1.71. The predicted octanol–water partition coefficient (Wildman–Crippen LogP) is 4.74. The van der Waals surface area contributed by atoms with Crippen LogP contribution in [0, 0.1) is 11.6 Å². The lowest BCUT2D eigenvalue weighted by atomic mass is 10.2. The molecule has 2 aromatic heterocycles. The second kappa shape index (κ2) is 8.35. The Labute approximate surface area is 185 Å². The van der Waals surface area contributed by atoms with E-state index in [4.69, 9.17) is 0 Å². The van der Waals surface area contributed by atoms with Gasteiger partial charge in [0.15, 0.2) is 11.0 Å². The summed E-state index contributed by atoms with van der Waals surface area (Å²) in [4.78, 5) is 19.7. The van der Waals surface area contributed by atoms with Gasteiger partial charge in [0.1, 0.15) is 17.5 Å². The molecule has 32 heavy (non-hydrogen) atoms. The SMILES string of the molecule is O=c1[nH]c(CSc2nnc(-c3ccc(F)cc3)n2-c2ccc(F)cc2)nc2ccccc12. The zero-order valence-corrected chi connectivity index (χ0v) is 17.3. The van der Waals surface area contributed by atoms with Crippen molar-refractivity contribution in [2.45, 2.75) is 10.9 Å². The highest BCUT2D eigenvalue weighted by Crippen LogP contribution is 2.29. The Hall–Kier alpha value is -3.85. The molecule has 0 aliphatic rings. The summed E-state index contributed by atoms with van der Waals surface area (Å²) in [7, 11) is 0. The zero-order chi connectivity index (χ0) is 22.1. The lowest BCUT2D eigenvalue weighted by Crippen LogP contribution is -2.11. The third-order valence-electron chi connectivity index (χ3n) is 4.82. The molecular formula is C23H15F2N5OS. The third-order valence-corrected chi connectivity index (χ3v) is 5.76. The quantitative estimate of drug-likeness (QED) is 0.394. The summed E-state index contributed by atoms with van der Waals surface area (Å²) in [6, 6.07) is 18.9. The van der Waals surface area contributed by atoms with Gasteiger partial charge in [-0.3, -0.25) is 9.36 Å². The van der Waals surface area contributed by atoms with E-state index in [1.165, 1.54) is 36.0 Å². The maximum Gasteiger partial charge on any atom is 0.258 e. The molecule has 0 amide bonds. The molecular weight excluding hydrogens is 432 g/mol. The highest BCUT2D eigenvalue weighted by Gasteiger charge is 2.17. The average Bonchev–Trinajstić information content (AvgIpc) is 3.23. The van der Waals surface area contributed by atoms with E-state index >= 15 is 0 Å². The normalized spacial score (nSPS) is 11.2. The summed E-state index contributed by atoms with van der Waals surface area (Å²) in [5, 5.41) is 9.60. The van der Waals surface area contributed by atoms with Crippen LogP contribution in [0.3, 0.4) is 0 Å². The molecule has 0 atom stereocenters. The van der Waals surface area contributed by atoms with Gasteiger partial charge in [0, 0.05) is 11.3 Å². The average molecular weight is 447 g/mol. The molecule has 1 N–H and O–H groups in total.